The Balaban J connectivity index is 1.77. The lowest BCUT2D eigenvalue weighted by atomic mass is 10.1. The quantitative estimate of drug-likeness (QED) is 0.775. The van der Waals surface area contributed by atoms with E-state index in [1.165, 1.54) is 11.3 Å². The van der Waals surface area contributed by atoms with E-state index in [9.17, 15) is 9.90 Å². The molecule has 2 aromatic rings. The molecule has 0 saturated heterocycles. The van der Waals surface area contributed by atoms with Crippen LogP contribution in [0.3, 0.4) is 0 Å². The summed E-state index contributed by atoms with van der Waals surface area (Å²) in [5.74, 6) is 0. The van der Waals surface area contributed by atoms with Crippen molar-refractivity contribution in [3.05, 3.63) is 40.3 Å². The van der Waals surface area contributed by atoms with Crippen LogP contribution < -0.4 is 10.6 Å². The maximum atomic E-state index is 11.7. The minimum atomic E-state index is -1.06. The number of aryl methyl sites for hydroxylation is 1. The van der Waals surface area contributed by atoms with Gasteiger partial charge in [0, 0.05) is 30.2 Å². The Hall–Kier alpha value is -1.86. The Kier molecular flexibility index (Phi) is 4.41. The number of nitrogens with zero attached hydrogens (tertiary/aromatic N) is 2. The molecule has 6 nitrogen and oxygen atoms in total. The SMILES string of the molecule is Cn1cc(CNC(=O)NCC(C)(O)c2cccs2)cn1. The summed E-state index contributed by atoms with van der Waals surface area (Å²) in [7, 11) is 1.82. The first kappa shape index (κ1) is 14.5. The molecule has 0 aliphatic carbocycles. The lowest BCUT2D eigenvalue weighted by Gasteiger charge is -2.22. The zero-order valence-corrected chi connectivity index (χ0v) is 12.3. The summed E-state index contributed by atoms with van der Waals surface area (Å²) >= 11 is 1.46. The minimum absolute atomic E-state index is 0.159. The molecular weight excluding hydrogens is 276 g/mol. The summed E-state index contributed by atoms with van der Waals surface area (Å²) in [6, 6.07) is 3.40. The highest BCUT2D eigenvalue weighted by Crippen LogP contribution is 2.24. The first-order chi connectivity index (χ1) is 9.47. The van der Waals surface area contributed by atoms with Crippen molar-refractivity contribution in [3.8, 4) is 0 Å². The van der Waals surface area contributed by atoms with Gasteiger partial charge in [0.25, 0.3) is 0 Å². The van der Waals surface area contributed by atoms with Crippen molar-refractivity contribution < 1.29 is 9.90 Å². The van der Waals surface area contributed by atoms with Crippen molar-refractivity contribution in [2.45, 2.75) is 19.1 Å². The third-order valence-corrected chi connectivity index (χ3v) is 3.98. The van der Waals surface area contributed by atoms with Crippen LogP contribution in [0.2, 0.25) is 0 Å². The number of nitrogens with one attached hydrogen (secondary N) is 2. The molecule has 3 N–H and O–H groups in total. The number of carbonyl (C=O) groups excluding carboxylic acids is 1. The molecule has 0 radical (unpaired) electrons. The highest BCUT2D eigenvalue weighted by Gasteiger charge is 2.24. The van der Waals surface area contributed by atoms with Crippen molar-refractivity contribution in [3.63, 3.8) is 0 Å². The maximum Gasteiger partial charge on any atom is 0.315 e. The van der Waals surface area contributed by atoms with Crippen LogP contribution in [0.5, 0.6) is 0 Å². The van der Waals surface area contributed by atoms with Crippen molar-refractivity contribution in [1.29, 1.82) is 0 Å². The van der Waals surface area contributed by atoms with Crippen molar-refractivity contribution in [2.75, 3.05) is 6.54 Å². The van der Waals surface area contributed by atoms with Gasteiger partial charge >= 0.3 is 6.03 Å². The molecule has 0 aliphatic rings. The Morgan fingerprint density at radius 3 is 2.95 bits per heavy atom. The Bertz CT molecular complexity index is 563. The van der Waals surface area contributed by atoms with Crippen LogP contribution in [0, 0.1) is 0 Å². The van der Waals surface area contributed by atoms with E-state index in [2.05, 4.69) is 15.7 Å². The van der Waals surface area contributed by atoms with E-state index in [4.69, 9.17) is 0 Å². The summed E-state index contributed by atoms with van der Waals surface area (Å²) in [4.78, 5) is 12.5. The molecular formula is C13H18N4O2S. The van der Waals surface area contributed by atoms with Crippen LogP contribution in [-0.2, 0) is 19.2 Å². The summed E-state index contributed by atoms with van der Waals surface area (Å²) < 4.78 is 1.68. The van der Waals surface area contributed by atoms with E-state index in [-0.39, 0.29) is 12.6 Å². The Labute approximate surface area is 121 Å². The fourth-order valence-electron chi connectivity index (χ4n) is 1.73. The zero-order chi connectivity index (χ0) is 14.6. The monoisotopic (exact) mass is 294 g/mol. The Morgan fingerprint density at radius 1 is 1.55 bits per heavy atom. The van der Waals surface area contributed by atoms with E-state index < -0.39 is 5.60 Å². The molecule has 2 amide bonds. The molecule has 2 rings (SSSR count). The topological polar surface area (TPSA) is 79.2 Å². The number of thiophene rings is 1. The number of carbonyl (C=O) groups is 1. The number of urea groups is 1. The summed E-state index contributed by atoms with van der Waals surface area (Å²) in [6.07, 6.45) is 3.53. The van der Waals surface area contributed by atoms with E-state index in [0.29, 0.717) is 6.54 Å². The average molecular weight is 294 g/mol. The number of aliphatic hydroxyl groups is 1. The second-order valence-corrected chi connectivity index (χ2v) is 5.76. The third kappa shape index (κ3) is 3.82. The van der Waals surface area contributed by atoms with E-state index >= 15 is 0 Å². The first-order valence-electron chi connectivity index (χ1n) is 6.23. The summed E-state index contributed by atoms with van der Waals surface area (Å²) in [5, 5.41) is 21.6. The molecule has 0 spiro atoms. The fourth-order valence-corrected chi connectivity index (χ4v) is 2.52. The molecule has 0 aromatic carbocycles. The number of aromatic nitrogens is 2. The van der Waals surface area contributed by atoms with Gasteiger partial charge in [-0.2, -0.15) is 5.10 Å². The number of hydrogen-bond donors (Lipinski definition) is 3. The predicted molar refractivity (Wildman–Crippen MR) is 77.3 cm³/mol. The highest BCUT2D eigenvalue weighted by molar-refractivity contribution is 7.10. The zero-order valence-electron chi connectivity index (χ0n) is 11.5. The Morgan fingerprint density at radius 2 is 2.35 bits per heavy atom. The molecule has 7 heteroatoms. The van der Waals surface area contributed by atoms with Crippen LogP contribution in [-0.4, -0.2) is 27.5 Å². The van der Waals surface area contributed by atoms with Crippen molar-refractivity contribution in [1.82, 2.24) is 20.4 Å². The molecule has 2 heterocycles. The van der Waals surface area contributed by atoms with E-state index in [1.54, 1.807) is 17.8 Å². The van der Waals surface area contributed by atoms with Crippen LogP contribution >= 0.6 is 11.3 Å². The summed E-state index contributed by atoms with van der Waals surface area (Å²) in [6.45, 7) is 2.24. The molecule has 20 heavy (non-hydrogen) atoms. The van der Waals surface area contributed by atoms with Gasteiger partial charge in [0.15, 0.2) is 0 Å². The summed E-state index contributed by atoms with van der Waals surface area (Å²) in [5.41, 5.74) is -0.132. The largest absolute Gasteiger partial charge is 0.383 e. The average Bonchev–Trinajstić information content (AvgIpc) is 3.05. The highest BCUT2D eigenvalue weighted by atomic mass is 32.1. The number of rotatable bonds is 5. The number of hydrogen-bond acceptors (Lipinski definition) is 4. The molecule has 2 aromatic heterocycles. The van der Waals surface area contributed by atoms with Gasteiger partial charge in [0.2, 0.25) is 0 Å². The normalized spacial score (nSPS) is 13.8. The molecule has 0 aliphatic heterocycles. The maximum absolute atomic E-state index is 11.7. The second-order valence-electron chi connectivity index (χ2n) is 4.81. The van der Waals surface area contributed by atoms with Crippen LogP contribution in [0.15, 0.2) is 29.9 Å². The van der Waals surface area contributed by atoms with E-state index in [1.807, 2.05) is 30.8 Å². The molecule has 0 bridgehead atoms. The second kappa shape index (κ2) is 6.06. The van der Waals surface area contributed by atoms with Gasteiger partial charge in [0.1, 0.15) is 5.60 Å². The van der Waals surface area contributed by atoms with E-state index in [0.717, 1.165) is 10.4 Å². The standard InChI is InChI=1S/C13H18N4O2S/c1-13(19,11-4-3-5-20-11)9-15-12(18)14-6-10-7-16-17(2)8-10/h3-5,7-8,19H,6,9H2,1-2H3,(H2,14,15,18). The first-order valence-corrected chi connectivity index (χ1v) is 7.11. The molecule has 1 unspecified atom stereocenters. The van der Waals surface area contributed by atoms with Gasteiger partial charge in [-0.15, -0.1) is 11.3 Å². The van der Waals surface area contributed by atoms with Crippen LogP contribution in [0.1, 0.15) is 17.4 Å². The predicted octanol–water partition coefficient (Wildman–Crippen LogP) is 1.19. The van der Waals surface area contributed by atoms with Gasteiger partial charge in [-0.05, 0) is 18.4 Å². The molecule has 0 fully saturated rings. The lowest BCUT2D eigenvalue weighted by Crippen LogP contribution is -2.42. The lowest BCUT2D eigenvalue weighted by molar-refractivity contribution is 0.0631. The molecule has 0 saturated carbocycles. The van der Waals surface area contributed by atoms with Gasteiger partial charge < -0.3 is 15.7 Å². The van der Waals surface area contributed by atoms with Crippen molar-refractivity contribution in [2.24, 2.45) is 7.05 Å². The molecule has 1 atom stereocenters. The van der Waals surface area contributed by atoms with Crippen LogP contribution in [0.25, 0.3) is 0 Å². The third-order valence-electron chi connectivity index (χ3n) is 2.86. The minimum Gasteiger partial charge on any atom is -0.383 e. The van der Waals surface area contributed by atoms with Gasteiger partial charge in [0.05, 0.1) is 12.7 Å². The van der Waals surface area contributed by atoms with Gasteiger partial charge in [-0.3, -0.25) is 4.68 Å². The van der Waals surface area contributed by atoms with Gasteiger partial charge in [-0.25, -0.2) is 4.79 Å². The van der Waals surface area contributed by atoms with Gasteiger partial charge in [-0.1, -0.05) is 6.07 Å². The number of amides is 2. The van der Waals surface area contributed by atoms with Crippen molar-refractivity contribution >= 4 is 17.4 Å². The van der Waals surface area contributed by atoms with Crippen LogP contribution in [0.4, 0.5) is 4.79 Å². The molecule has 108 valence electrons. The fraction of sp³-hybridized carbons (Fsp3) is 0.385. The smallest absolute Gasteiger partial charge is 0.315 e.